The summed E-state index contributed by atoms with van der Waals surface area (Å²) in [7, 11) is -1.33. The lowest BCUT2D eigenvalue weighted by Crippen LogP contribution is -2.30. The molecule has 1 heterocycles. The van der Waals surface area contributed by atoms with Crippen LogP contribution in [0, 0.1) is 20.8 Å². The standard InChI is InChI=1S/C20H28N2O3S/c1-12-8-16(20(5,6)7)9-13(2)17(12)11-26(24)15(4)19(23)21-18-10-14(3)25-22-18/h8-10,15H,11H2,1-7H3,(H,21,22,23). The third-order valence-corrected chi connectivity index (χ3v) is 6.07. The van der Waals surface area contributed by atoms with Crippen LogP contribution < -0.4 is 5.32 Å². The molecule has 2 unspecified atom stereocenters. The van der Waals surface area contributed by atoms with E-state index in [1.54, 1.807) is 19.9 Å². The number of benzene rings is 1. The van der Waals surface area contributed by atoms with Gasteiger partial charge < -0.3 is 9.84 Å². The van der Waals surface area contributed by atoms with E-state index in [1.807, 2.05) is 13.8 Å². The number of aromatic nitrogens is 1. The van der Waals surface area contributed by atoms with Crippen LogP contribution in [0.25, 0.3) is 0 Å². The third kappa shape index (κ3) is 4.81. The topological polar surface area (TPSA) is 72.2 Å². The van der Waals surface area contributed by atoms with Crippen LogP contribution in [0.1, 0.15) is 55.7 Å². The van der Waals surface area contributed by atoms with E-state index in [-0.39, 0.29) is 11.3 Å². The zero-order chi connectivity index (χ0) is 19.6. The van der Waals surface area contributed by atoms with Crippen LogP contribution in [0.15, 0.2) is 22.7 Å². The zero-order valence-corrected chi connectivity index (χ0v) is 17.4. The molecule has 1 aromatic heterocycles. The van der Waals surface area contributed by atoms with E-state index in [0.29, 0.717) is 17.3 Å². The van der Waals surface area contributed by atoms with E-state index in [0.717, 1.165) is 16.7 Å². The van der Waals surface area contributed by atoms with Gasteiger partial charge in [-0.05, 0) is 55.4 Å². The second kappa shape index (κ2) is 7.74. The molecule has 26 heavy (non-hydrogen) atoms. The predicted octanol–water partition coefficient (Wildman–Crippen LogP) is 4.17. The third-order valence-electron chi connectivity index (χ3n) is 4.49. The SMILES string of the molecule is Cc1cc(NC(=O)C(C)S(=O)Cc2c(C)cc(C(C)(C)C)cc2C)no1. The minimum atomic E-state index is -1.33. The second-order valence-corrected chi connectivity index (χ2v) is 9.58. The molecule has 6 heteroatoms. The number of carbonyl (C=O) groups excluding carboxylic acids is 1. The normalized spacial score (nSPS) is 14.1. The summed E-state index contributed by atoms with van der Waals surface area (Å²) in [6.45, 7) is 14.0. The summed E-state index contributed by atoms with van der Waals surface area (Å²) in [4.78, 5) is 12.3. The van der Waals surface area contributed by atoms with Gasteiger partial charge in [-0.15, -0.1) is 0 Å². The van der Waals surface area contributed by atoms with Gasteiger partial charge in [0.25, 0.3) is 0 Å². The first-order valence-electron chi connectivity index (χ1n) is 8.71. The molecule has 0 fully saturated rings. The van der Waals surface area contributed by atoms with E-state index >= 15 is 0 Å². The molecule has 0 saturated heterocycles. The van der Waals surface area contributed by atoms with Gasteiger partial charge in [0.2, 0.25) is 5.91 Å². The summed E-state index contributed by atoms with van der Waals surface area (Å²) in [5, 5.41) is 5.74. The number of rotatable bonds is 5. The molecule has 1 aromatic carbocycles. The van der Waals surface area contributed by atoms with Crippen LogP contribution in [0.3, 0.4) is 0 Å². The number of anilines is 1. The average molecular weight is 377 g/mol. The number of amides is 1. The Bertz CT molecular complexity index is 811. The summed E-state index contributed by atoms with van der Waals surface area (Å²) in [5.41, 5.74) is 4.60. The summed E-state index contributed by atoms with van der Waals surface area (Å²) < 4.78 is 17.7. The van der Waals surface area contributed by atoms with Crippen LogP contribution >= 0.6 is 0 Å². The molecule has 0 aliphatic carbocycles. The molecule has 1 N–H and O–H groups in total. The lowest BCUT2D eigenvalue weighted by molar-refractivity contribution is -0.115. The zero-order valence-electron chi connectivity index (χ0n) is 16.6. The number of carbonyl (C=O) groups is 1. The van der Waals surface area contributed by atoms with E-state index in [9.17, 15) is 9.00 Å². The number of aryl methyl sites for hydroxylation is 3. The van der Waals surface area contributed by atoms with Crippen molar-refractivity contribution in [1.29, 1.82) is 0 Å². The molecule has 142 valence electrons. The highest BCUT2D eigenvalue weighted by atomic mass is 32.2. The maximum Gasteiger partial charge on any atom is 0.241 e. The fourth-order valence-electron chi connectivity index (χ4n) is 2.69. The van der Waals surface area contributed by atoms with Gasteiger partial charge in [0.1, 0.15) is 11.0 Å². The summed E-state index contributed by atoms with van der Waals surface area (Å²) in [6, 6.07) is 5.94. The van der Waals surface area contributed by atoms with Gasteiger partial charge in [-0.2, -0.15) is 0 Å². The molecular weight excluding hydrogens is 348 g/mol. The first kappa shape index (κ1) is 20.4. The van der Waals surface area contributed by atoms with E-state index in [2.05, 4.69) is 43.4 Å². The second-order valence-electron chi connectivity index (χ2n) is 7.82. The van der Waals surface area contributed by atoms with Crippen molar-refractivity contribution >= 4 is 22.5 Å². The van der Waals surface area contributed by atoms with Crippen molar-refractivity contribution in [3.05, 3.63) is 46.2 Å². The molecule has 1 amide bonds. The van der Waals surface area contributed by atoms with Gasteiger partial charge in [0, 0.05) is 22.6 Å². The Hall–Kier alpha value is -1.95. The molecule has 0 aliphatic rings. The smallest absolute Gasteiger partial charge is 0.241 e. The van der Waals surface area contributed by atoms with Crippen molar-refractivity contribution in [3.63, 3.8) is 0 Å². The summed E-state index contributed by atoms with van der Waals surface area (Å²) in [5.74, 6) is 0.991. The van der Waals surface area contributed by atoms with Crippen molar-refractivity contribution in [2.75, 3.05) is 5.32 Å². The number of nitrogens with one attached hydrogen (secondary N) is 1. The Balaban J connectivity index is 2.12. The molecule has 0 bridgehead atoms. The first-order valence-corrected chi connectivity index (χ1v) is 10.1. The molecule has 2 aromatic rings. The van der Waals surface area contributed by atoms with E-state index in [1.165, 1.54) is 5.56 Å². The van der Waals surface area contributed by atoms with Gasteiger partial charge in [-0.25, -0.2) is 0 Å². The van der Waals surface area contributed by atoms with Crippen molar-refractivity contribution < 1.29 is 13.5 Å². The molecule has 2 rings (SSSR count). The average Bonchev–Trinajstić information content (AvgIpc) is 2.93. The van der Waals surface area contributed by atoms with Crippen LogP contribution in [0.2, 0.25) is 0 Å². The van der Waals surface area contributed by atoms with Gasteiger partial charge >= 0.3 is 0 Å². The summed E-state index contributed by atoms with van der Waals surface area (Å²) >= 11 is 0. The number of nitrogens with zero attached hydrogens (tertiary/aromatic N) is 1. The van der Waals surface area contributed by atoms with Crippen LogP contribution in [-0.4, -0.2) is 20.5 Å². The Morgan fingerprint density at radius 1 is 1.19 bits per heavy atom. The van der Waals surface area contributed by atoms with Gasteiger partial charge in [0.05, 0.1) is 0 Å². The lowest BCUT2D eigenvalue weighted by atomic mass is 9.84. The van der Waals surface area contributed by atoms with Crippen molar-refractivity contribution in [2.24, 2.45) is 0 Å². The maximum absolute atomic E-state index is 12.7. The number of hydrogen-bond acceptors (Lipinski definition) is 4. The predicted molar refractivity (Wildman–Crippen MR) is 106 cm³/mol. The lowest BCUT2D eigenvalue weighted by Gasteiger charge is -2.22. The van der Waals surface area contributed by atoms with Crippen molar-refractivity contribution in [1.82, 2.24) is 5.16 Å². The minimum Gasteiger partial charge on any atom is -0.360 e. The Labute approximate surface area is 158 Å². The highest BCUT2D eigenvalue weighted by molar-refractivity contribution is 7.85. The molecular formula is C20H28N2O3S. The largest absolute Gasteiger partial charge is 0.360 e. The molecule has 0 saturated carbocycles. The Morgan fingerprint density at radius 3 is 2.23 bits per heavy atom. The Morgan fingerprint density at radius 2 is 1.77 bits per heavy atom. The van der Waals surface area contributed by atoms with Crippen molar-refractivity contribution in [3.8, 4) is 0 Å². The van der Waals surface area contributed by atoms with E-state index in [4.69, 9.17) is 4.52 Å². The minimum absolute atomic E-state index is 0.0656. The van der Waals surface area contributed by atoms with Gasteiger partial charge in [-0.1, -0.05) is 38.1 Å². The monoisotopic (exact) mass is 376 g/mol. The first-order chi connectivity index (χ1) is 12.0. The highest BCUT2D eigenvalue weighted by Gasteiger charge is 2.23. The van der Waals surface area contributed by atoms with Crippen LogP contribution in [0.5, 0.6) is 0 Å². The maximum atomic E-state index is 12.7. The fourth-order valence-corrected chi connectivity index (χ4v) is 3.98. The number of hydrogen-bond donors (Lipinski definition) is 1. The molecule has 0 aliphatic heterocycles. The highest BCUT2D eigenvalue weighted by Crippen LogP contribution is 2.28. The molecule has 2 atom stereocenters. The van der Waals surface area contributed by atoms with Crippen LogP contribution in [0.4, 0.5) is 5.82 Å². The van der Waals surface area contributed by atoms with Crippen molar-refractivity contribution in [2.45, 2.75) is 64.9 Å². The van der Waals surface area contributed by atoms with Crippen LogP contribution in [-0.2, 0) is 26.8 Å². The van der Waals surface area contributed by atoms with E-state index < -0.39 is 16.0 Å². The molecule has 5 nitrogen and oxygen atoms in total. The summed E-state index contributed by atoms with van der Waals surface area (Å²) in [6.07, 6.45) is 0. The molecule has 0 spiro atoms. The van der Waals surface area contributed by atoms with Gasteiger partial charge in [-0.3, -0.25) is 9.00 Å². The quantitative estimate of drug-likeness (QED) is 0.850. The Kier molecular flexibility index (Phi) is 6.06. The fraction of sp³-hybridized carbons (Fsp3) is 0.500. The molecule has 0 radical (unpaired) electrons. The van der Waals surface area contributed by atoms with Gasteiger partial charge in [0.15, 0.2) is 5.82 Å².